The minimum Gasteiger partial charge on any atom is -0.383 e. The normalized spacial score (nSPS) is 13.9. The van der Waals surface area contributed by atoms with Gasteiger partial charge in [-0.2, -0.15) is 5.26 Å². The highest BCUT2D eigenvalue weighted by atomic mass is 15.3. The lowest BCUT2D eigenvalue weighted by molar-refractivity contribution is 0.285. The number of pyridine rings is 2. The van der Waals surface area contributed by atoms with E-state index in [2.05, 4.69) is 71.8 Å². The predicted octanol–water partition coefficient (Wildman–Crippen LogP) is 5.11. The molecule has 2 N–H and O–H groups in total. The zero-order chi connectivity index (χ0) is 29.9. The summed E-state index contributed by atoms with van der Waals surface area (Å²) in [5, 5.41) is 9.22. The third-order valence-electron chi connectivity index (χ3n) is 7.88. The molecule has 0 radical (unpaired) electrons. The molecule has 7 rings (SSSR count). The van der Waals surface area contributed by atoms with Crippen LogP contribution in [0.2, 0.25) is 0 Å². The molecule has 0 amide bonds. The lowest BCUT2D eigenvalue weighted by Crippen LogP contribution is -2.31. The van der Waals surface area contributed by atoms with Gasteiger partial charge in [-0.25, -0.2) is 24.9 Å². The van der Waals surface area contributed by atoms with Gasteiger partial charge in [0.15, 0.2) is 11.5 Å². The number of aromatic nitrogens is 6. The topological polar surface area (TPSA) is 126 Å². The molecule has 1 aliphatic heterocycles. The summed E-state index contributed by atoms with van der Waals surface area (Å²) in [6.45, 7) is 4.34. The largest absolute Gasteiger partial charge is 0.383 e. The van der Waals surface area contributed by atoms with Crippen LogP contribution in [0.5, 0.6) is 0 Å². The molecule has 44 heavy (non-hydrogen) atoms. The first-order valence-corrected chi connectivity index (χ1v) is 14.6. The summed E-state index contributed by atoms with van der Waals surface area (Å²) in [7, 11) is 0. The van der Waals surface area contributed by atoms with Crippen molar-refractivity contribution in [2.24, 2.45) is 0 Å². The number of nitrogens with two attached hydrogens (primary N) is 1. The van der Waals surface area contributed by atoms with Crippen molar-refractivity contribution in [1.82, 2.24) is 34.4 Å². The lowest BCUT2D eigenvalue weighted by Gasteiger charge is -2.22. The first-order chi connectivity index (χ1) is 21.7. The van der Waals surface area contributed by atoms with Gasteiger partial charge in [0.1, 0.15) is 23.1 Å². The van der Waals surface area contributed by atoms with E-state index in [1.807, 2.05) is 42.5 Å². The highest BCUT2D eigenvalue weighted by molar-refractivity contribution is 5.84. The number of hydrogen-bond acceptors (Lipinski definition) is 9. The predicted molar refractivity (Wildman–Crippen MR) is 171 cm³/mol. The molecule has 0 unspecified atom stereocenters. The van der Waals surface area contributed by atoms with Crippen LogP contribution in [0.15, 0.2) is 97.3 Å². The van der Waals surface area contributed by atoms with Crippen LogP contribution >= 0.6 is 0 Å². The van der Waals surface area contributed by atoms with Gasteiger partial charge in [0, 0.05) is 56.4 Å². The van der Waals surface area contributed by atoms with E-state index in [1.165, 1.54) is 5.56 Å². The third kappa shape index (κ3) is 5.44. The summed E-state index contributed by atoms with van der Waals surface area (Å²) >= 11 is 0. The van der Waals surface area contributed by atoms with Crippen LogP contribution in [0.3, 0.4) is 0 Å². The number of anilines is 2. The summed E-state index contributed by atoms with van der Waals surface area (Å²) in [4.78, 5) is 27.7. The monoisotopic (exact) mass is 578 g/mol. The Balaban J connectivity index is 1.17. The molecule has 0 spiro atoms. The first kappa shape index (κ1) is 27.2. The van der Waals surface area contributed by atoms with Gasteiger partial charge in [-0.15, -0.1) is 0 Å². The second-order valence-electron chi connectivity index (χ2n) is 10.7. The summed E-state index contributed by atoms with van der Waals surface area (Å²) in [5.41, 5.74) is 13.1. The van der Waals surface area contributed by atoms with Gasteiger partial charge in [0.05, 0.1) is 11.3 Å². The fourth-order valence-corrected chi connectivity index (χ4v) is 5.66. The van der Waals surface area contributed by atoms with Crippen LogP contribution in [-0.4, -0.2) is 60.6 Å². The second-order valence-corrected chi connectivity index (χ2v) is 10.7. The number of imidazole rings is 1. The molecule has 1 saturated heterocycles. The number of rotatable bonds is 6. The van der Waals surface area contributed by atoms with Crippen LogP contribution in [-0.2, 0) is 6.54 Å². The van der Waals surface area contributed by atoms with Gasteiger partial charge in [-0.1, -0.05) is 42.5 Å². The van der Waals surface area contributed by atoms with Crippen molar-refractivity contribution in [3.8, 4) is 34.4 Å². The Morgan fingerprint density at radius 2 is 1.64 bits per heavy atom. The second kappa shape index (κ2) is 11.9. The fraction of sp³-hybridized carbons (Fsp3) is 0.176. The molecule has 1 aliphatic rings. The SMILES string of the molecule is N#Cc1ccnc(N2CCCN(Cc3ccc(-n4c(-c5cccnc5N)nc5ccc(-c6ccccc6)nc54)cc3)CC2)n1. The summed E-state index contributed by atoms with van der Waals surface area (Å²) in [6, 6.07) is 30.3. The Morgan fingerprint density at radius 1 is 0.773 bits per heavy atom. The van der Waals surface area contributed by atoms with Crippen molar-refractivity contribution in [2.75, 3.05) is 36.8 Å². The quantitative estimate of drug-likeness (QED) is 0.287. The van der Waals surface area contributed by atoms with Gasteiger partial charge in [0.25, 0.3) is 0 Å². The van der Waals surface area contributed by atoms with Gasteiger partial charge in [-0.05, 0) is 54.4 Å². The zero-order valence-corrected chi connectivity index (χ0v) is 24.1. The summed E-state index contributed by atoms with van der Waals surface area (Å²) in [6.07, 6.45) is 4.33. The fourth-order valence-electron chi connectivity index (χ4n) is 5.66. The number of nitriles is 1. The van der Waals surface area contributed by atoms with Gasteiger partial charge >= 0.3 is 0 Å². The average Bonchev–Trinajstić information content (AvgIpc) is 3.29. The third-order valence-corrected chi connectivity index (χ3v) is 7.88. The van der Waals surface area contributed by atoms with E-state index in [-0.39, 0.29) is 0 Å². The van der Waals surface area contributed by atoms with Gasteiger partial charge < -0.3 is 10.6 Å². The van der Waals surface area contributed by atoms with Crippen LogP contribution in [0, 0.1) is 11.3 Å². The Kier molecular flexibility index (Phi) is 7.36. The van der Waals surface area contributed by atoms with E-state index in [0.29, 0.717) is 23.3 Å². The average molecular weight is 579 g/mol. The molecule has 5 heterocycles. The Bertz CT molecular complexity index is 1960. The molecule has 2 aromatic carbocycles. The number of nitrogen functional groups attached to an aromatic ring is 1. The van der Waals surface area contributed by atoms with Crippen molar-refractivity contribution in [3.05, 3.63) is 109 Å². The highest BCUT2D eigenvalue weighted by Gasteiger charge is 2.20. The molecule has 0 saturated carbocycles. The molecule has 0 aliphatic carbocycles. The molecular weight excluding hydrogens is 548 g/mol. The maximum absolute atomic E-state index is 9.22. The van der Waals surface area contributed by atoms with E-state index in [9.17, 15) is 5.26 Å². The number of benzene rings is 2. The maximum Gasteiger partial charge on any atom is 0.226 e. The molecular formula is C34H30N10. The van der Waals surface area contributed by atoms with Gasteiger partial charge in [-0.3, -0.25) is 9.47 Å². The molecule has 0 bridgehead atoms. The van der Waals surface area contributed by atoms with Crippen molar-refractivity contribution in [2.45, 2.75) is 13.0 Å². The van der Waals surface area contributed by atoms with E-state index in [1.54, 1.807) is 18.5 Å². The van der Waals surface area contributed by atoms with Crippen LogP contribution in [0.4, 0.5) is 11.8 Å². The van der Waals surface area contributed by atoms with Gasteiger partial charge in [0.2, 0.25) is 5.95 Å². The number of nitrogens with zero attached hydrogens (tertiary/aromatic N) is 9. The molecule has 0 atom stereocenters. The summed E-state index contributed by atoms with van der Waals surface area (Å²) < 4.78 is 2.07. The van der Waals surface area contributed by atoms with E-state index in [0.717, 1.165) is 72.8 Å². The van der Waals surface area contributed by atoms with Crippen LogP contribution < -0.4 is 10.6 Å². The van der Waals surface area contributed by atoms with E-state index >= 15 is 0 Å². The van der Waals surface area contributed by atoms with E-state index < -0.39 is 0 Å². The Morgan fingerprint density at radius 3 is 2.45 bits per heavy atom. The molecule has 6 aromatic rings. The summed E-state index contributed by atoms with van der Waals surface area (Å²) in [5.74, 6) is 1.74. The highest BCUT2D eigenvalue weighted by Crippen LogP contribution is 2.32. The van der Waals surface area contributed by atoms with Crippen molar-refractivity contribution in [1.29, 1.82) is 5.26 Å². The minimum atomic E-state index is 0.391. The van der Waals surface area contributed by atoms with Crippen molar-refractivity contribution in [3.63, 3.8) is 0 Å². The molecule has 10 nitrogen and oxygen atoms in total. The van der Waals surface area contributed by atoms with Crippen LogP contribution in [0.25, 0.3) is 39.5 Å². The van der Waals surface area contributed by atoms with Crippen molar-refractivity contribution < 1.29 is 0 Å². The van der Waals surface area contributed by atoms with Crippen LogP contribution in [0.1, 0.15) is 17.7 Å². The molecule has 4 aromatic heterocycles. The number of fused-ring (bicyclic) bond motifs is 1. The van der Waals surface area contributed by atoms with E-state index in [4.69, 9.17) is 15.7 Å². The Hall–Kier alpha value is -5.66. The first-order valence-electron chi connectivity index (χ1n) is 14.6. The standard InChI is InChI=1S/C34H30N10/c35-22-26-15-17-38-34(39-26)43-19-5-18-42(20-21-43)23-24-9-11-27(12-10-24)44-32(28-8-4-16-37-31(28)36)41-30-14-13-29(40-33(30)44)25-6-2-1-3-7-25/h1-4,6-17H,5,18-21,23H2,(H2,36,37). The molecule has 10 heteroatoms. The molecule has 216 valence electrons. The molecule has 1 fully saturated rings. The lowest BCUT2D eigenvalue weighted by atomic mass is 10.1. The smallest absolute Gasteiger partial charge is 0.226 e. The zero-order valence-electron chi connectivity index (χ0n) is 24.1. The minimum absolute atomic E-state index is 0.391. The van der Waals surface area contributed by atoms with Crippen molar-refractivity contribution >= 4 is 22.9 Å². The number of hydrogen-bond donors (Lipinski definition) is 1. The Labute approximate surface area is 255 Å². The maximum atomic E-state index is 9.22.